The molecular formula is C26H25N3O4S. The minimum absolute atomic E-state index is 0.00192. The van der Waals surface area contributed by atoms with Crippen LogP contribution < -0.4 is 0 Å². The highest BCUT2D eigenvalue weighted by Crippen LogP contribution is 2.27. The first kappa shape index (κ1) is 23.4. The van der Waals surface area contributed by atoms with Crippen LogP contribution in [0.5, 0.6) is 0 Å². The van der Waals surface area contributed by atoms with Crippen LogP contribution in [0.15, 0.2) is 78.2 Å². The second-order valence-corrected chi connectivity index (χ2v) is 9.23. The maximum atomic E-state index is 13.3. The monoisotopic (exact) mass is 475 g/mol. The van der Waals surface area contributed by atoms with Crippen molar-refractivity contribution < 1.29 is 14.5 Å². The molecule has 2 amide bonds. The first-order valence-electron chi connectivity index (χ1n) is 11.1. The Labute approximate surface area is 202 Å². The Balaban J connectivity index is 1.45. The lowest BCUT2D eigenvalue weighted by molar-refractivity contribution is -0.384. The number of carbonyl (C=O) groups is 2. The number of amides is 2. The molecule has 0 radical (unpaired) electrons. The number of nitro benzene ring substituents is 1. The molecule has 1 aliphatic carbocycles. The molecule has 174 valence electrons. The van der Waals surface area contributed by atoms with Crippen molar-refractivity contribution >= 4 is 34.9 Å². The van der Waals surface area contributed by atoms with Crippen LogP contribution in [0.1, 0.15) is 28.8 Å². The van der Waals surface area contributed by atoms with Crippen molar-refractivity contribution in [2.45, 2.75) is 32.0 Å². The van der Waals surface area contributed by atoms with E-state index in [0.29, 0.717) is 18.7 Å². The normalized spacial score (nSPS) is 13.1. The van der Waals surface area contributed by atoms with E-state index in [1.165, 1.54) is 18.2 Å². The maximum absolute atomic E-state index is 13.3. The van der Waals surface area contributed by atoms with Crippen LogP contribution in [0.3, 0.4) is 0 Å². The van der Waals surface area contributed by atoms with Gasteiger partial charge in [-0.25, -0.2) is 0 Å². The Kier molecular flexibility index (Phi) is 7.49. The highest BCUT2D eigenvalue weighted by atomic mass is 32.1. The zero-order valence-electron chi connectivity index (χ0n) is 18.6. The van der Waals surface area contributed by atoms with Gasteiger partial charge in [0.2, 0.25) is 11.8 Å². The molecule has 0 spiro atoms. The van der Waals surface area contributed by atoms with E-state index in [0.717, 1.165) is 23.3 Å². The number of nitro groups is 1. The molecule has 1 aromatic heterocycles. The third-order valence-electron chi connectivity index (χ3n) is 5.59. The number of hydrogen-bond acceptors (Lipinski definition) is 5. The fraction of sp³-hybridized carbons (Fsp3) is 0.231. The van der Waals surface area contributed by atoms with Gasteiger partial charge in [0.25, 0.3) is 5.69 Å². The SMILES string of the molecule is O=C(CN(C(=O)C=Cc1ccc([N+](=O)[O-])cc1)C1CC1)N(Cc1ccccc1)Cc1cccs1. The molecule has 0 saturated heterocycles. The zero-order chi connectivity index (χ0) is 23.9. The van der Waals surface area contributed by atoms with Crippen molar-refractivity contribution in [2.24, 2.45) is 0 Å². The van der Waals surface area contributed by atoms with Gasteiger partial charge in [0, 0.05) is 35.7 Å². The average molecular weight is 476 g/mol. The fourth-order valence-electron chi connectivity index (χ4n) is 3.62. The lowest BCUT2D eigenvalue weighted by Crippen LogP contribution is -2.43. The zero-order valence-corrected chi connectivity index (χ0v) is 19.4. The van der Waals surface area contributed by atoms with Crippen LogP contribution in [-0.2, 0) is 22.7 Å². The molecule has 1 aliphatic rings. The summed E-state index contributed by atoms with van der Waals surface area (Å²) in [5.41, 5.74) is 1.72. The molecule has 34 heavy (non-hydrogen) atoms. The standard InChI is InChI=1S/C26H25N3O4S/c30-25(15-10-20-8-11-23(12-9-20)29(32)33)28(22-13-14-22)19-26(31)27(18-24-7-4-16-34-24)17-21-5-2-1-3-6-21/h1-12,15-16,22H,13-14,17-19H2. The lowest BCUT2D eigenvalue weighted by Gasteiger charge is -2.27. The fourth-order valence-corrected chi connectivity index (χ4v) is 4.34. The predicted octanol–water partition coefficient (Wildman–Crippen LogP) is 4.89. The van der Waals surface area contributed by atoms with Crippen LogP contribution in [0.25, 0.3) is 6.08 Å². The van der Waals surface area contributed by atoms with Gasteiger partial charge in [-0.15, -0.1) is 11.3 Å². The summed E-state index contributed by atoms with van der Waals surface area (Å²) in [6.07, 6.45) is 4.83. The Morgan fingerprint density at radius 1 is 1.00 bits per heavy atom. The molecule has 1 heterocycles. The van der Waals surface area contributed by atoms with E-state index in [4.69, 9.17) is 0 Å². The van der Waals surface area contributed by atoms with Crippen LogP contribution >= 0.6 is 11.3 Å². The first-order chi connectivity index (χ1) is 16.5. The molecule has 0 bridgehead atoms. The van der Waals surface area contributed by atoms with Gasteiger partial charge in [-0.05, 0) is 53.6 Å². The van der Waals surface area contributed by atoms with E-state index in [1.807, 2.05) is 47.8 Å². The maximum Gasteiger partial charge on any atom is 0.269 e. The van der Waals surface area contributed by atoms with E-state index >= 15 is 0 Å². The summed E-state index contributed by atoms with van der Waals surface area (Å²) in [4.78, 5) is 41.2. The highest BCUT2D eigenvalue weighted by molar-refractivity contribution is 7.09. The Morgan fingerprint density at radius 2 is 1.74 bits per heavy atom. The van der Waals surface area contributed by atoms with Gasteiger partial charge < -0.3 is 9.80 Å². The molecule has 0 atom stereocenters. The van der Waals surface area contributed by atoms with E-state index in [1.54, 1.807) is 39.3 Å². The summed E-state index contributed by atoms with van der Waals surface area (Å²) in [5, 5.41) is 12.8. The van der Waals surface area contributed by atoms with Crippen molar-refractivity contribution in [1.82, 2.24) is 9.80 Å². The van der Waals surface area contributed by atoms with Gasteiger partial charge in [-0.2, -0.15) is 0 Å². The van der Waals surface area contributed by atoms with Crippen molar-refractivity contribution in [3.8, 4) is 0 Å². The van der Waals surface area contributed by atoms with E-state index in [9.17, 15) is 19.7 Å². The van der Waals surface area contributed by atoms with Gasteiger partial charge in [0.1, 0.15) is 6.54 Å². The third kappa shape index (κ3) is 6.39. The van der Waals surface area contributed by atoms with E-state index < -0.39 is 4.92 Å². The van der Waals surface area contributed by atoms with Crippen molar-refractivity contribution in [2.75, 3.05) is 6.54 Å². The minimum atomic E-state index is -0.462. The third-order valence-corrected chi connectivity index (χ3v) is 6.46. The van der Waals surface area contributed by atoms with Gasteiger partial charge in [-0.1, -0.05) is 36.4 Å². The summed E-state index contributed by atoms with van der Waals surface area (Å²) in [6, 6.07) is 19.9. The minimum Gasteiger partial charge on any atom is -0.332 e. The molecule has 8 heteroatoms. The largest absolute Gasteiger partial charge is 0.332 e. The van der Waals surface area contributed by atoms with Crippen molar-refractivity contribution in [1.29, 1.82) is 0 Å². The Hall–Kier alpha value is -3.78. The molecule has 4 rings (SSSR count). The van der Waals surface area contributed by atoms with Crippen molar-refractivity contribution in [3.05, 3.63) is 104 Å². The van der Waals surface area contributed by atoms with Gasteiger partial charge in [0.15, 0.2) is 0 Å². The van der Waals surface area contributed by atoms with E-state index in [-0.39, 0.29) is 30.1 Å². The molecule has 1 saturated carbocycles. The topological polar surface area (TPSA) is 83.8 Å². The molecule has 0 unspecified atom stereocenters. The highest BCUT2D eigenvalue weighted by Gasteiger charge is 2.34. The number of benzene rings is 2. The quantitative estimate of drug-likeness (QED) is 0.237. The first-order valence-corrected chi connectivity index (χ1v) is 11.9. The van der Waals surface area contributed by atoms with Crippen LogP contribution in [0.2, 0.25) is 0 Å². The van der Waals surface area contributed by atoms with E-state index in [2.05, 4.69) is 0 Å². The second-order valence-electron chi connectivity index (χ2n) is 8.19. The Bertz CT molecular complexity index is 1160. The number of rotatable bonds is 10. The summed E-state index contributed by atoms with van der Waals surface area (Å²) in [6.45, 7) is 0.992. The number of hydrogen-bond donors (Lipinski definition) is 0. The summed E-state index contributed by atoms with van der Waals surface area (Å²) in [7, 11) is 0. The summed E-state index contributed by atoms with van der Waals surface area (Å²) >= 11 is 1.60. The average Bonchev–Trinajstić information content (AvgIpc) is 3.56. The van der Waals surface area contributed by atoms with Crippen LogP contribution in [-0.4, -0.2) is 39.1 Å². The molecule has 3 aromatic rings. The predicted molar refractivity (Wildman–Crippen MR) is 132 cm³/mol. The van der Waals surface area contributed by atoms with Gasteiger partial charge >= 0.3 is 0 Å². The molecular weight excluding hydrogens is 450 g/mol. The van der Waals surface area contributed by atoms with Crippen LogP contribution in [0, 0.1) is 10.1 Å². The molecule has 0 N–H and O–H groups in total. The number of non-ortho nitro benzene ring substituents is 1. The second kappa shape index (κ2) is 10.9. The Morgan fingerprint density at radius 3 is 2.35 bits per heavy atom. The number of nitrogens with zero attached hydrogens (tertiary/aromatic N) is 3. The smallest absolute Gasteiger partial charge is 0.269 e. The number of thiophene rings is 1. The van der Waals surface area contributed by atoms with Crippen molar-refractivity contribution in [3.63, 3.8) is 0 Å². The molecule has 0 aliphatic heterocycles. The van der Waals surface area contributed by atoms with Gasteiger partial charge in [-0.3, -0.25) is 19.7 Å². The lowest BCUT2D eigenvalue weighted by atomic mass is 10.2. The molecule has 2 aromatic carbocycles. The van der Waals surface area contributed by atoms with Gasteiger partial charge in [0.05, 0.1) is 11.5 Å². The molecule has 1 fully saturated rings. The van der Waals surface area contributed by atoms with Crippen LogP contribution in [0.4, 0.5) is 5.69 Å². The summed E-state index contributed by atoms with van der Waals surface area (Å²) in [5.74, 6) is -0.328. The summed E-state index contributed by atoms with van der Waals surface area (Å²) < 4.78 is 0. The molecule has 7 nitrogen and oxygen atoms in total. The number of carbonyl (C=O) groups excluding carboxylic acids is 2.